The van der Waals surface area contributed by atoms with Crippen LogP contribution in [0.2, 0.25) is 0 Å². The second kappa shape index (κ2) is 4.64. The highest BCUT2D eigenvalue weighted by Gasteiger charge is 2.28. The molecule has 18 heavy (non-hydrogen) atoms. The van der Waals surface area contributed by atoms with Crippen LogP contribution in [0.15, 0.2) is 41.2 Å². The number of rotatable bonds is 3. The molecule has 6 heteroatoms. The molecule has 1 aromatic heterocycles. The number of ether oxygens (including phenoxy) is 1. The van der Waals surface area contributed by atoms with E-state index in [4.69, 9.17) is 10.2 Å². The highest BCUT2D eigenvalue weighted by Crippen LogP contribution is 2.28. The smallest absolute Gasteiger partial charge is 0.422 e. The maximum atomic E-state index is 12.0. The quantitative estimate of drug-likeness (QED) is 0.856. The van der Waals surface area contributed by atoms with Gasteiger partial charge in [-0.25, -0.2) is 0 Å². The minimum atomic E-state index is -4.37. The van der Waals surface area contributed by atoms with Crippen molar-refractivity contribution in [2.75, 3.05) is 12.3 Å². The van der Waals surface area contributed by atoms with Crippen molar-refractivity contribution >= 4 is 5.69 Å². The second-order valence-electron chi connectivity index (χ2n) is 3.71. The molecule has 2 N–H and O–H groups in total. The van der Waals surface area contributed by atoms with Crippen molar-refractivity contribution in [3.05, 3.63) is 36.8 Å². The minimum absolute atomic E-state index is 0.0727. The third kappa shape index (κ3) is 3.19. The van der Waals surface area contributed by atoms with Crippen molar-refractivity contribution in [1.82, 2.24) is 0 Å². The molecule has 0 saturated heterocycles. The van der Waals surface area contributed by atoms with E-state index < -0.39 is 12.8 Å². The van der Waals surface area contributed by atoms with E-state index in [-0.39, 0.29) is 5.75 Å². The number of anilines is 1. The molecule has 2 aromatic rings. The van der Waals surface area contributed by atoms with E-state index in [0.717, 1.165) is 5.56 Å². The van der Waals surface area contributed by atoms with Crippen LogP contribution >= 0.6 is 0 Å². The predicted octanol–water partition coefficient (Wildman–Crippen LogP) is 3.47. The number of hydrogen-bond acceptors (Lipinski definition) is 3. The molecule has 0 bridgehead atoms. The second-order valence-corrected chi connectivity index (χ2v) is 3.71. The van der Waals surface area contributed by atoms with Gasteiger partial charge in [-0.2, -0.15) is 13.2 Å². The van der Waals surface area contributed by atoms with Crippen molar-refractivity contribution in [2.24, 2.45) is 0 Å². The Bertz CT molecular complexity index is 521. The van der Waals surface area contributed by atoms with Gasteiger partial charge >= 0.3 is 6.18 Å². The number of hydrogen-bond donors (Lipinski definition) is 1. The lowest BCUT2D eigenvalue weighted by molar-refractivity contribution is -0.153. The summed E-state index contributed by atoms with van der Waals surface area (Å²) in [6, 6.07) is 6.13. The third-order valence-corrected chi connectivity index (χ3v) is 2.19. The molecule has 0 aliphatic carbocycles. The summed E-state index contributed by atoms with van der Waals surface area (Å²) >= 11 is 0. The van der Waals surface area contributed by atoms with Gasteiger partial charge in [-0.05, 0) is 23.8 Å². The van der Waals surface area contributed by atoms with Gasteiger partial charge < -0.3 is 14.9 Å². The number of benzene rings is 1. The fourth-order valence-corrected chi connectivity index (χ4v) is 1.47. The Balaban J connectivity index is 2.22. The molecule has 1 heterocycles. The Morgan fingerprint density at radius 2 is 1.94 bits per heavy atom. The lowest BCUT2D eigenvalue weighted by atomic mass is 10.1. The van der Waals surface area contributed by atoms with Gasteiger partial charge in [0.1, 0.15) is 5.75 Å². The van der Waals surface area contributed by atoms with Crippen molar-refractivity contribution in [3.8, 4) is 16.9 Å². The van der Waals surface area contributed by atoms with Crippen molar-refractivity contribution in [3.63, 3.8) is 0 Å². The molecule has 0 saturated carbocycles. The summed E-state index contributed by atoms with van der Waals surface area (Å²) in [6.45, 7) is -1.35. The molecule has 96 valence electrons. The Kier molecular flexibility index (Phi) is 3.18. The summed E-state index contributed by atoms with van der Waals surface area (Å²) in [5.41, 5.74) is 7.30. The first-order valence-electron chi connectivity index (χ1n) is 5.07. The summed E-state index contributed by atoms with van der Waals surface area (Å²) in [6.07, 6.45) is -1.43. The van der Waals surface area contributed by atoms with Crippen LogP contribution in [0, 0.1) is 0 Å². The van der Waals surface area contributed by atoms with Gasteiger partial charge in [0.25, 0.3) is 0 Å². The lowest BCUT2D eigenvalue weighted by Crippen LogP contribution is -2.19. The molecule has 0 fully saturated rings. The molecular formula is C12H10F3NO2. The van der Waals surface area contributed by atoms with E-state index in [1.54, 1.807) is 12.1 Å². The first-order chi connectivity index (χ1) is 8.44. The predicted molar refractivity (Wildman–Crippen MR) is 60.1 cm³/mol. The highest BCUT2D eigenvalue weighted by atomic mass is 19.4. The number of alkyl halides is 3. The maximum absolute atomic E-state index is 12.0. The Hall–Kier alpha value is -2.11. The third-order valence-electron chi connectivity index (χ3n) is 2.19. The Morgan fingerprint density at radius 3 is 2.56 bits per heavy atom. The highest BCUT2D eigenvalue weighted by molar-refractivity contribution is 5.68. The molecule has 1 aromatic carbocycles. The topological polar surface area (TPSA) is 48.4 Å². The van der Waals surface area contributed by atoms with Gasteiger partial charge in [-0.1, -0.05) is 0 Å². The summed E-state index contributed by atoms with van der Waals surface area (Å²) < 4.78 is 45.7. The van der Waals surface area contributed by atoms with Crippen LogP contribution in [-0.4, -0.2) is 12.8 Å². The molecule has 0 amide bonds. The van der Waals surface area contributed by atoms with E-state index in [2.05, 4.69) is 4.74 Å². The molecular weight excluding hydrogens is 247 g/mol. The van der Waals surface area contributed by atoms with Gasteiger partial charge in [0.05, 0.1) is 12.5 Å². The first-order valence-corrected chi connectivity index (χ1v) is 5.07. The Labute approximate surface area is 101 Å². The van der Waals surface area contributed by atoms with Crippen LogP contribution in [-0.2, 0) is 0 Å². The first kappa shape index (κ1) is 12.3. The zero-order valence-corrected chi connectivity index (χ0v) is 9.20. The standard InChI is InChI=1S/C12H10F3NO2/c13-12(14,15)7-18-11-4-9(3-10(16)5-11)8-1-2-17-6-8/h1-6H,7,16H2. The zero-order chi connectivity index (χ0) is 13.2. The normalized spacial score (nSPS) is 11.5. The van der Waals surface area contributed by atoms with Gasteiger partial charge in [-0.3, -0.25) is 0 Å². The fraction of sp³-hybridized carbons (Fsp3) is 0.167. The molecule has 0 unspecified atom stereocenters. The minimum Gasteiger partial charge on any atom is -0.484 e. The summed E-state index contributed by atoms with van der Waals surface area (Å²) in [4.78, 5) is 0. The summed E-state index contributed by atoms with van der Waals surface area (Å²) in [5.74, 6) is 0.0727. The molecule has 0 radical (unpaired) electrons. The average molecular weight is 257 g/mol. The van der Waals surface area contributed by atoms with Crippen LogP contribution in [0.1, 0.15) is 0 Å². The zero-order valence-electron chi connectivity index (χ0n) is 9.20. The van der Waals surface area contributed by atoms with Crippen molar-refractivity contribution in [1.29, 1.82) is 0 Å². The number of nitrogens with two attached hydrogens (primary N) is 1. The van der Waals surface area contributed by atoms with Crippen molar-refractivity contribution < 1.29 is 22.3 Å². The van der Waals surface area contributed by atoms with Crippen molar-refractivity contribution in [2.45, 2.75) is 6.18 Å². The molecule has 0 spiro atoms. The molecule has 0 atom stereocenters. The van der Waals surface area contributed by atoms with Gasteiger partial charge in [0.15, 0.2) is 6.61 Å². The average Bonchev–Trinajstić information content (AvgIpc) is 2.78. The molecule has 3 nitrogen and oxygen atoms in total. The largest absolute Gasteiger partial charge is 0.484 e. The van der Waals surface area contributed by atoms with E-state index >= 15 is 0 Å². The van der Waals surface area contributed by atoms with Gasteiger partial charge in [0.2, 0.25) is 0 Å². The van der Waals surface area contributed by atoms with E-state index in [1.807, 2.05) is 0 Å². The lowest BCUT2D eigenvalue weighted by Gasteiger charge is -2.10. The fourth-order valence-electron chi connectivity index (χ4n) is 1.47. The van der Waals surface area contributed by atoms with E-state index in [1.165, 1.54) is 24.7 Å². The monoisotopic (exact) mass is 257 g/mol. The number of furan rings is 1. The number of nitrogen functional groups attached to an aromatic ring is 1. The van der Waals surface area contributed by atoms with Crippen LogP contribution < -0.4 is 10.5 Å². The SMILES string of the molecule is Nc1cc(OCC(F)(F)F)cc(-c2ccoc2)c1. The summed E-state index contributed by atoms with van der Waals surface area (Å²) in [7, 11) is 0. The summed E-state index contributed by atoms with van der Waals surface area (Å²) in [5, 5.41) is 0. The van der Waals surface area contributed by atoms with E-state index in [9.17, 15) is 13.2 Å². The van der Waals surface area contributed by atoms with Crippen LogP contribution in [0.5, 0.6) is 5.75 Å². The molecule has 0 aliphatic rings. The van der Waals surface area contributed by atoms with Crippen LogP contribution in [0.4, 0.5) is 18.9 Å². The number of halogens is 3. The molecule has 2 rings (SSSR count). The van der Waals surface area contributed by atoms with Gasteiger partial charge in [-0.15, -0.1) is 0 Å². The molecule has 0 aliphatic heterocycles. The Morgan fingerprint density at radius 1 is 1.17 bits per heavy atom. The van der Waals surface area contributed by atoms with Gasteiger partial charge in [0, 0.05) is 17.3 Å². The van der Waals surface area contributed by atoms with E-state index in [0.29, 0.717) is 11.3 Å². The van der Waals surface area contributed by atoms with Crippen LogP contribution in [0.3, 0.4) is 0 Å². The van der Waals surface area contributed by atoms with Crippen LogP contribution in [0.25, 0.3) is 11.1 Å². The maximum Gasteiger partial charge on any atom is 0.422 e.